The molecule has 8 nitrogen and oxygen atoms in total. The highest BCUT2D eigenvalue weighted by atomic mass is 16.5. The van der Waals surface area contributed by atoms with Crippen molar-refractivity contribution in [2.24, 2.45) is 11.8 Å². The second-order valence-electron chi connectivity index (χ2n) is 7.15. The first-order valence-corrected chi connectivity index (χ1v) is 9.51. The highest BCUT2D eigenvalue weighted by Gasteiger charge is 2.50. The van der Waals surface area contributed by atoms with E-state index in [1.165, 1.54) is 21.0 Å². The summed E-state index contributed by atoms with van der Waals surface area (Å²) in [6.07, 6.45) is 3.62. The smallest absolute Gasteiger partial charge is 0.329 e. The molecule has 1 aliphatic heterocycles. The fraction of sp³-hybridized carbons (Fsp3) is 0.429. The lowest BCUT2D eigenvalue weighted by atomic mass is 9.85. The number of carbonyl (C=O) groups excluding carboxylic acids is 4. The number of ether oxygens (including phenoxy) is 2. The van der Waals surface area contributed by atoms with Crippen molar-refractivity contribution in [3.63, 3.8) is 0 Å². The summed E-state index contributed by atoms with van der Waals surface area (Å²) in [6.45, 7) is 2.86. The quantitative estimate of drug-likeness (QED) is 0.445. The Balaban J connectivity index is 1.62. The number of hydrogen-bond donors (Lipinski definition) is 1. The van der Waals surface area contributed by atoms with E-state index in [-0.39, 0.29) is 11.8 Å². The maximum atomic E-state index is 12.6. The van der Waals surface area contributed by atoms with Gasteiger partial charge in [-0.3, -0.25) is 19.3 Å². The first-order chi connectivity index (χ1) is 13.8. The molecule has 1 heterocycles. The summed E-state index contributed by atoms with van der Waals surface area (Å²) in [6, 6.07) is 5.74. The molecule has 3 rings (SSSR count). The van der Waals surface area contributed by atoms with E-state index in [9.17, 15) is 19.2 Å². The van der Waals surface area contributed by atoms with Crippen LogP contribution in [0.5, 0.6) is 5.75 Å². The number of amides is 3. The Labute approximate surface area is 168 Å². The van der Waals surface area contributed by atoms with Crippen molar-refractivity contribution in [2.45, 2.75) is 38.8 Å². The van der Waals surface area contributed by atoms with Crippen LogP contribution in [0.2, 0.25) is 0 Å². The minimum atomic E-state index is -1.12. The zero-order valence-corrected chi connectivity index (χ0v) is 16.6. The van der Waals surface area contributed by atoms with Crippen molar-refractivity contribution >= 4 is 29.4 Å². The molecule has 1 aliphatic carbocycles. The van der Waals surface area contributed by atoms with Crippen molar-refractivity contribution in [2.75, 3.05) is 12.4 Å². The summed E-state index contributed by atoms with van der Waals surface area (Å²) in [5.41, 5.74) is 0.442. The summed E-state index contributed by atoms with van der Waals surface area (Å²) in [5, 5.41) is 2.64. The molecule has 1 aromatic rings. The molecule has 29 heavy (non-hydrogen) atoms. The van der Waals surface area contributed by atoms with Gasteiger partial charge in [0.1, 0.15) is 11.8 Å². The highest BCUT2D eigenvalue weighted by molar-refractivity contribution is 6.08. The van der Waals surface area contributed by atoms with E-state index in [2.05, 4.69) is 5.32 Å². The predicted molar refractivity (Wildman–Crippen MR) is 104 cm³/mol. The van der Waals surface area contributed by atoms with Gasteiger partial charge in [-0.2, -0.15) is 0 Å². The van der Waals surface area contributed by atoms with Crippen molar-refractivity contribution in [3.05, 3.63) is 36.4 Å². The molecular weight excluding hydrogens is 376 g/mol. The lowest BCUT2D eigenvalue weighted by molar-refractivity contribution is -0.163. The van der Waals surface area contributed by atoms with Gasteiger partial charge in [0.05, 0.1) is 24.6 Å². The van der Waals surface area contributed by atoms with E-state index in [4.69, 9.17) is 9.47 Å². The molecule has 1 aromatic carbocycles. The lowest BCUT2D eigenvalue weighted by Crippen LogP contribution is -2.46. The van der Waals surface area contributed by atoms with Crippen LogP contribution >= 0.6 is 0 Å². The van der Waals surface area contributed by atoms with Gasteiger partial charge < -0.3 is 14.8 Å². The average molecular weight is 400 g/mol. The molecule has 3 amide bonds. The summed E-state index contributed by atoms with van der Waals surface area (Å²) in [7, 11) is 1.48. The van der Waals surface area contributed by atoms with E-state index in [1.807, 2.05) is 12.2 Å². The predicted octanol–water partition coefficient (Wildman–Crippen LogP) is 1.91. The van der Waals surface area contributed by atoms with E-state index < -0.39 is 35.9 Å². The van der Waals surface area contributed by atoms with E-state index in [0.29, 0.717) is 24.3 Å². The lowest BCUT2D eigenvalue weighted by Gasteiger charge is -2.23. The number of hydrogen-bond acceptors (Lipinski definition) is 6. The largest absolute Gasteiger partial charge is 0.495 e. The number of fused-ring (bicyclic) bond motifs is 1. The summed E-state index contributed by atoms with van der Waals surface area (Å²) >= 11 is 0. The van der Waals surface area contributed by atoms with Gasteiger partial charge in [0.25, 0.3) is 5.91 Å². The summed E-state index contributed by atoms with van der Waals surface area (Å²) in [5.74, 6) is -2.45. The summed E-state index contributed by atoms with van der Waals surface area (Å²) < 4.78 is 10.4. The van der Waals surface area contributed by atoms with Crippen LogP contribution in [0.25, 0.3) is 0 Å². The van der Waals surface area contributed by atoms with Crippen molar-refractivity contribution in [1.29, 1.82) is 0 Å². The molecule has 0 saturated carbocycles. The van der Waals surface area contributed by atoms with Crippen LogP contribution in [0.1, 0.15) is 26.7 Å². The number of para-hydroxylation sites is 2. The van der Waals surface area contributed by atoms with Gasteiger partial charge in [-0.25, -0.2) is 4.79 Å². The van der Waals surface area contributed by atoms with Crippen LogP contribution < -0.4 is 10.1 Å². The van der Waals surface area contributed by atoms with Crippen molar-refractivity contribution in [1.82, 2.24) is 4.90 Å². The SMILES string of the molecule is COc1ccccc1NC(=O)C(C)OC(=O)C(C)N1C(=O)C2CC=CCC2C1=O. The molecule has 1 N–H and O–H groups in total. The first kappa shape index (κ1) is 20.6. The van der Waals surface area contributed by atoms with Gasteiger partial charge in [0.15, 0.2) is 6.10 Å². The van der Waals surface area contributed by atoms with E-state index in [1.54, 1.807) is 24.3 Å². The topological polar surface area (TPSA) is 102 Å². The molecule has 4 atom stereocenters. The Bertz CT molecular complexity index is 838. The Morgan fingerprint density at radius 3 is 2.24 bits per heavy atom. The Morgan fingerprint density at radius 1 is 1.07 bits per heavy atom. The maximum absolute atomic E-state index is 12.6. The first-order valence-electron chi connectivity index (χ1n) is 9.51. The Hall–Kier alpha value is -3.16. The molecule has 0 aromatic heterocycles. The maximum Gasteiger partial charge on any atom is 0.329 e. The second-order valence-corrected chi connectivity index (χ2v) is 7.15. The number of rotatable bonds is 6. The second kappa shape index (κ2) is 8.46. The molecule has 0 bridgehead atoms. The average Bonchev–Trinajstić information content (AvgIpc) is 2.98. The third kappa shape index (κ3) is 4.01. The van der Waals surface area contributed by atoms with Gasteiger partial charge in [-0.1, -0.05) is 24.3 Å². The number of nitrogens with one attached hydrogen (secondary N) is 1. The third-order valence-corrected chi connectivity index (χ3v) is 5.30. The number of methoxy groups -OCH3 is 1. The monoisotopic (exact) mass is 400 g/mol. The van der Waals surface area contributed by atoms with Crippen LogP contribution in [0, 0.1) is 11.8 Å². The molecule has 1 fully saturated rings. The number of benzene rings is 1. The van der Waals surface area contributed by atoms with Crippen LogP contribution in [0.4, 0.5) is 5.69 Å². The number of nitrogens with zero attached hydrogens (tertiary/aromatic N) is 1. The standard InChI is InChI=1S/C21H24N2O6/c1-12(23-19(25)14-8-4-5-9-15(14)20(23)26)21(27)29-13(2)18(24)22-16-10-6-7-11-17(16)28-3/h4-7,10-15H,8-9H2,1-3H3,(H,22,24). The van der Waals surface area contributed by atoms with Gasteiger partial charge in [-0.15, -0.1) is 0 Å². The van der Waals surface area contributed by atoms with Crippen molar-refractivity contribution in [3.8, 4) is 5.75 Å². The van der Waals surface area contributed by atoms with Crippen LogP contribution in [0.15, 0.2) is 36.4 Å². The minimum Gasteiger partial charge on any atom is -0.495 e. The molecule has 4 unspecified atom stereocenters. The Morgan fingerprint density at radius 2 is 1.66 bits per heavy atom. The normalized spacial score (nSPS) is 22.7. The number of anilines is 1. The number of imide groups is 1. The van der Waals surface area contributed by atoms with Gasteiger partial charge in [0.2, 0.25) is 11.8 Å². The molecule has 1 saturated heterocycles. The molecule has 154 valence electrons. The van der Waals surface area contributed by atoms with Gasteiger partial charge in [-0.05, 0) is 38.8 Å². The van der Waals surface area contributed by atoms with Gasteiger partial charge >= 0.3 is 5.97 Å². The van der Waals surface area contributed by atoms with Gasteiger partial charge in [0, 0.05) is 0 Å². The van der Waals surface area contributed by atoms with Crippen LogP contribution in [-0.2, 0) is 23.9 Å². The van der Waals surface area contributed by atoms with E-state index in [0.717, 1.165) is 4.90 Å². The number of likely N-dealkylation sites (tertiary alicyclic amines) is 1. The Kier molecular flexibility index (Phi) is 6.00. The van der Waals surface area contributed by atoms with Crippen molar-refractivity contribution < 1.29 is 28.7 Å². The third-order valence-electron chi connectivity index (χ3n) is 5.30. The number of esters is 1. The summed E-state index contributed by atoms with van der Waals surface area (Å²) in [4.78, 5) is 51.1. The van der Waals surface area contributed by atoms with Crippen LogP contribution in [-0.4, -0.2) is 47.8 Å². The molecular formula is C21H24N2O6. The molecule has 0 radical (unpaired) electrons. The van der Waals surface area contributed by atoms with E-state index >= 15 is 0 Å². The zero-order chi connectivity index (χ0) is 21.1. The molecule has 2 aliphatic rings. The van der Waals surface area contributed by atoms with Crippen LogP contribution in [0.3, 0.4) is 0 Å². The highest BCUT2D eigenvalue weighted by Crippen LogP contribution is 2.36. The number of carbonyl (C=O) groups is 4. The fourth-order valence-electron chi connectivity index (χ4n) is 3.62. The molecule has 0 spiro atoms. The fourth-order valence-corrected chi connectivity index (χ4v) is 3.62. The minimum absolute atomic E-state index is 0.361. The molecule has 8 heteroatoms. The number of allylic oxidation sites excluding steroid dienone is 2. The zero-order valence-electron chi connectivity index (χ0n) is 16.6.